The van der Waals surface area contributed by atoms with Crippen molar-refractivity contribution in [2.75, 3.05) is 0 Å². The number of carbonyl (C=O) groups is 1. The largest absolute Gasteiger partial charge is 2.00 e. The molecule has 0 aromatic carbocycles. The smallest absolute Gasteiger partial charge is 2.00 e. The van der Waals surface area contributed by atoms with Gasteiger partial charge in [-0.25, -0.2) is 0 Å². The molecule has 11 heavy (non-hydrogen) atoms. The molecule has 0 aliphatic heterocycles. The molecule has 0 unspecified atom stereocenters. The van der Waals surface area contributed by atoms with Crippen LogP contribution in [-0.2, 0) is 3.74 Å². The van der Waals surface area contributed by atoms with Gasteiger partial charge in [0, 0.05) is 0 Å². The molecule has 1 N–H and O–H groups in total. The Morgan fingerprint density at radius 2 is 1.18 bits per heavy atom. The average molecular weight is 280 g/mol. The Bertz CT molecular complexity index is 116. The van der Waals surface area contributed by atoms with Crippen molar-refractivity contribution in [2.45, 2.75) is 0 Å². The quantitative estimate of drug-likeness (QED) is 0.434. The molecule has 0 aliphatic rings. The fraction of sp³-hybridized carbons (Fsp3) is 0. The van der Waals surface area contributed by atoms with E-state index in [2.05, 4.69) is 0 Å². The Kier molecular flexibility index (Phi) is 25.3. The van der Waals surface area contributed by atoms with E-state index in [1.54, 1.807) is 0 Å². The van der Waals surface area contributed by atoms with Crippen LogP contribution in [0.5, 0.6) is 0 Å². The molecule has 10 heteroatoms. The van der Waals surface area contributed by atoms with Gasteiger partial charge < -0.3 is 15.0 Å². The summed E-state index contributed by atoms with van der Waals surface area (Å²) in [5.74, 6) is 0. The first kappa shape index (κ1) is 23.1. The maximum atomic E-state index is 8.72. The first-order chi connectivity index (χ1) is 3.73. The molecule has 0 saturated carbocycles. The third kappa shape index (κ3) is 294. The van der Waals surface area contributed by atoms with Crippen LogP contribution in [0.3, 0.4) is 0 Å². The van der Waals surface area contributed by atoms with Gasteiger partial charge >= 0.3 is 106 Å². The summed E-state index contributed by atoms with van der Waals surface area (Å²) in [5, 5.41) is 16.7. The third-order valence-electron chi connectivity index (χ3n) is 0. The van der Waals surface area contributed by atoms with Gasteiger partial charge in [0.05, 0.1) is 0 Å². The van der Waals surface area contributed by atoms with Gasteiger partial charge in [-0.05, 0) is 6.16 Å². The van der Waals surface area contributed by atoms with Crippen molar-refractivity contribution in [1.29, 1.82) is 0 Å². The minimum atomic E-state index is -5.62. The molecule has 0 radical (unpaired) electrons. The fourth-order valence-electron chi connectivity index (χ4n) is 0. The van der Waals surface area contributed by atoms with E-state index in [-0.39, 0.29) is 75.5 Å². The number of hydrogen-bond donors (Lipinski definition) is 1. The van der Waals surface area contributed by atoms with Gasteiger partial charge in [0.25, 0.3) is 0 Å². The molecular weight excluding hydrogens is 279 g/mol. The summed E-state index contributed by atoms with van der Waals surface area (Å²) in [6, 6.07) is 0. The summed E-state index contributed by atoms with van der Waals surface area (Å²) in [4.78, 5) is 8.33. The van der Waals surface area contributed by atoms with Gasteiger partial charge in [-0.15, -0.1) is 0 Å². The van der Waals surface area contributed by atoms with Crippen molar-refractivity contribution in [2.24, 2.45) is 0 Å². The van der Waals surface area contributed by atoms with E-state index >= 15 is 0 Å². The van der Waals surface area contributed by atoms with E-state index in [0.29, 0.717) is 0 Å². The summed E-state index contributed by atoms with van der Waals surface area (Å²) in [6.07, 6.45) is -2.33. The molecule has 0 atom stereocenters. The molecule has 0 saturated heterocycles. The Morgan fingerprint density at radius 3 is 1.18 bits per heavy atom. The van der Waals surface area contributed by atoms with Crippen LogP contribution >= 0.6 is 0 Å². The van der Waals surface area contributed by atoms with Gasteiger partial charge in [0.15, 0.2) is 0 Å². The molecule has 0 amide bonds. The van der Waals surface area contributed by atoms with Gasteiger partial charge in [0.1, 0.15) is 0 Å². The van der Waals surface area contributed by atoms with E-state index in [9.17, 15) is 0 Å². The molecule has 0 bridgehead atoms. The van der Waals surface area contributed by atoms with E-state index in [0.717, 1.165) is 0 Å². The van der Waals surface area contributed by atoms with Crippen LogP contribution in [0.15, 0.2) is 0 Å². The summed E-state index contributed by atoms with van der Waals surface area (Å²) < 4.78 is 33.2. The second-order valence-electron chi connectivity index (χ2n) is 0.719. The number of rotatable bonds is 0. The van der Waals surface area contributed by atoms with E-state index in [1.807, 2.05) is 0 Å². The van der Waals surface area contributed by atoms with Crippen LogP contribution in [0.4, 0.5) is 4.79 Å². The average Bonchev–Trinajstić information content (AvgIpc) is 1.19. The zero-order valence-electron chi connectivity index (χ0n) is 5.26. The molecule has 0 spiro atoms. The summed E-state index contributed by atoms with van der Waals surface area (Å²) in [7, 11) is 0. The van der Waals surface area contributed by atoms with Gasteiger partial charge in [0.2, 0.25) is 0 Å². The number of carbonyl (C=O) groups excluding carboxylic acids is 1. The zero-order valence-corrected chi connectivity index (χ0v) is 11.6. The second-order valence-corrected chi connectivity index (χ2v) is 2.68. The van der Waals surface area contributed by atoms with E-state index in [4.69, 9.17) is 31.0 Å². The van der Waals surface area contributed by atoms with E-state index < -0.39 is 20.7 Å². The molecule has 7 nitrogen and oxygen atoms in total. The predicted octanol–water partition coefficient (Wildman–Crippen LogP) is -6.64. The monoisotopic (exact) mass is 280 g/mol. The van der Waals surface area contributed by atoms with Crippen LogP contribution in [0.2, 0.25) is 0 Å². The standard InChI is InChI=1S/CH2O3.AsH3O4.2Ca/c2-1(3)4;2-1(3,4)5;;/h(H2,2,3,4);(H3,2,3,4,5);;/q;;2*+2/p-4. The number of hydrogen-bond acceptors (Lipinski definition) is 6. The van der Waals surface area contributed by atoms with Gasteiger partial charge in [-0.1, -0.05) is 0 Å². The van der Waals surface area contributed by atoms with Crippen molar-refractivity contribution in [3.05, 3.63) is 0 Å². The van der Waals surface area contributed by atoms with Crippen molar-refractivity contribution in [3.8, 4) is 0 Å². The second kappa shape index (κ2) is 12.0. The predicted molar refractivity (Wildman–Crippen MR) is 25.6 cm³/mol. The van der Waals surface area contributed by atoms with Crippen LogP contribution in [-0.4, -0.2) is 100 Å². The van der Waals surface area contributed by atoms with Crippen LogP contribution < -0.4 is 18.4 Å². The topological polar surface area (TPSA) is 147 Å². The van der Waals surface area contributed by atoms with Crippen LogP contribution in [0.1, 0.15) is 0 Å². The van der Waals surface area contributed by atoms with Crippen molar-refractivity contribution >= 4 is 96.1 Å². The molecule has 0 fully saturated rings. The summed E-state index contributed by atoms with van der Waals surface area (Å²) in [5.41, 5.74) is 0. The molecule has 56 valence electrons. The minimum absolute atomic E-state index is 0. The molecule has 0 aromatic heterocycles. The van der Waals surface area contributed by atoms with E-state index in [1.165, 1.54) is 0 Å². The Labute approximate surface area is 125 Å². The minimum Gasteiger partial charge on any atom is 2.00 e. The van der Waals surface area contributed by atoms with Gasteiger partial charge in [-0.2, -0.15) is 0 Å². The van der Waals surface area contributed by atoms with Crippen molar-refractivity contribution < 1.29 is 31.0 Å². The first-order valence-corrected chi connectivity index (χ1v) is 4.50. The summed E-state index contributed by atoms with van der Waals surface area (Å²) >= 11 is -5.62. The van der Waals surface area contributed by atoms with Crippen LogP contribution in [0, 0.1) is 0 Å². The zero-order chi connectivity index (χ0) is 8.08. The Hall–Kier alpha value is 2.03. The van der Waals surface area contributed by atoms with Crippen molar-refractivity contribution in [3.63, 3.8) is 0 Å². The normalized spacial score (nSPS) is 7.55. The first-order valence-electron chi connectivity index (χ1n) is 1.36. The molecule has 0 aliphatic carbocycles. The summed E-state index contributed by atoms with van der Waals surface area (Å²) in [6.45, 7) is 0. The molecular formula is CHAsCa2O7. The maximum Gasteiger partial charge on any atom is 2.00 e. The molecule has 0 rings (SSSR count). The molecule has 0 aromatic rings. The van der Waals surface area contributed by atoms with Crippen LogP contribution in [0.25, 0.3) is 0 Å². The third-order valence-corrected chi connectivity index (χ3v) is 0. The molecule has 0 heterocycles. The fourth-order valence-corrected chi connectivity index (χ4v) is 0. The Morgan fingerprint density at radius 1 is 1.18 bits per heavy atom. The van der Waals surface area contributed by atoms with Gasteiger partial charge in [-0.3, -0.25) is 0 Å². The van der Waals surface area contributed by atoms with Crippen molar-refractivity contribution in [1.82, 2.24) is 0 Å². The Balaban J connectivity index is -0.0000000383. The maximum absolute atomic E-state index is 8.72. The number of carboxylic acid groups (broad SMARTS) is 2. The SMILES string of the molecule is O=C([O-])[O-].O=[As]([O-])([O-])O.[Ca+2].[Ca+2].